The van der Waals surface area contributed by atoms with Gasteiger partial charge in [0.2, 0.25) is 11.8 Å². The van der Waals surface area contributed by atoms with Gasteiger partial charge in [-0.1, -0.05) is 44.0 Å². The van der Waals surface area contributed by atoms with Crippen molar-refractivity contribution in [2.24, 2.45) is 0 Å². The number of nitrogens with zero attached hydrogens (tertiary/aromatic N) is 1. The topological polar surface area (TPSA) is 108 Å². The van der Waals surface area contributed by atoms with Crippen LogP contribution in [0.5, 0.6) is 0 Å². The molecule has 0 heterocycles. The molecule has 0 bridgehead atoms. The number of amides is 3. The van der Waals surface area contributed by atoms with E-state index in [1.807, 2.05) is 25.1 Å². The highest BCUT2D eigenvalue weighted by Gasteiger charge is 2.35. The van der Waals surface area contributed by atoms with Crippen molar-refractivity contribution in [1.82, 2.24) is 15.5 Å². The van der Waals surface area contributed by atoms with Gasteiger partial charge in [0.05, 0.1) is 6.61 Å². The fourth-order valence-electron chi connectivity index (χ4n) is 3.30. The fraction of sp³-hybridized carbons (Fsp3) is 0.625. The predicted molar refractivity (Wildman–Crippen MR) is 124 cm³/mol. The van der Waals surface area contributed by atoms with Gasteiger partial charge in [-0.3, -0.25) is 9.59 Å². The Labute approximate surface area is 191 Å². The van der Waals surface area contributed by atoms with Gasteiger partial charge in [0, 0.05) is 13.1 Å². The first-order valence-electron chi connectivity index (χ1n) is 11.3. The lowest BCUT2D eigenvalue weighted by Crippen LogP contribution is -2.52. The molecule has 8 heteroatoms. The molecule has 0 aliphatic carbocycles. The molecule has 8 nitrogen and oxygen atoms in total. The van der Waals surface area contributed by atoms with Gasteiger partial charge in [-0.25, -0.2) is 4.79 Å². The van der Waals surface area contributed by atoms with Crippen LogP contribution in [0.2, 0.25) is 0 Å². The lowest BCUT2D eigenvalue weighted by Gasteiger charge is -2.34. The summed E-state index contributed by atoms with van der Waals surface area (Å²) in [5.41, 5.74) is 0.816. The number of aliphatic hydroxyl groups is 1. The van der Waals surface area contributed by atoms with Crippen molar-refractivity contribution < 1.29 is 24.2 Å². The van der Waals surface area contributed by atoms with Crippen molar-refractivity contribution in [3.05, 3.63) is 35.4 Å². The predicted octanol–water partition coefficient (Wildman–Crippen LogP) is 3.08. The highest BCUT2D eigenvalue weighted by atomic mass is 16.6. The van der Waals surface area contributed by atoms with Gasteiger partial charge >= 0.3 is 6.09 Å². The molecule has 1 aromatic carbocycles. The molecule has 1 aromatic rings. The van der Waals surface area contributed by atoms with Gasteiger partial charge in [-0.15, -0.1) is 0 Å². The molecule has 1 rings (SSSR count). The molecule has 2 atom stereocenters. The van der Waals surface area contributed by atoms with Crippen molar-refractivity contribution in [3.8, 4) is 0 Å². The maximum Gasteiger partial charge on any atom is 0.408 e. The smallest absolute Gasteiger partial charge is 0.408 e. The van der Waals surface area contributed by atoms with Crippen LogP contribution in [0.4, 0.5) is 4.79 Å². The van der Waals surface area contributed by atoms with E-state index in [9.17, 15) is 19.5 Å². The number of alkyl carbamates (subject to hydrolysis) is 1. The molecule has 0 aliphatic rings. The lowest BCUT2D eigenvalue weighted by molar-refractivity contribution is -0.142. The molecule has 0 fully saturated rings. The summed E-state index contributed by atoms with van der Waals surface area (Å²) in [6, 6.07) is 5.46. The average molecular weight is 450 g/mol. The molecule has 0 radical (unpaired) electrons. The van der Waals surface area contributed by atoms with Gasteiger partial charge in [-0.05, 0) is 52.2 Å². The number of unbranched alkanes of at least 4 members (excludes halogenated alkanes) is 2. The Morgan fingerprint density at radius 3 is 2.38 bits per heavy atom. The average Bonchev–Trinajstić information content (AvgIpc) is 2.70. The van der Waals surface area contributed by atoms with Crippen LogP contribution < -0.4 is 10.6 Å². The number of benzene rings is 1. The van der Waals surface area contributed by atoms with Gasteiger partial charge in [0.25, 0.3) is 0 Å². The highest BCUT2D eigenvalue weighted by molar-refractivity contribution is 5.92. The first-order chi connectivity index (χ1) is 15.0. The number of aryl methyl sites for hydroxylation is 1. The fourth-order valence-corrected chi connectivity index (χ4v) is 3.30. The molecule has 0 aromatic heterocycles. The van der Waals surface area contributed by atoms with Crippen LogP contribution in [0, 0.1) is 6.92 Å². The molecule has 3 amide bonds. The lowest BCUT2D eigenvalue weighted by atomic mass is 9.98. The summed E-state index contributed by atoms with van der Waals surface area (Å²) < 4.78 is 5.24. The zero-order chi connectivity index (χ0) is 24.3. The third kappa shape index (κ3) is 8.86. The summed E-state index contributed by atoms with van der Waals surface area (Å²) in [7, 11) is 0. The second-order valence-electron chi connectivity index (χ2n) is 8.88. The molecule has 0 saturated carbocycles. The maximum absolute atomic E-state index is 13.3. The Hall–Kier alpha value is -2.61. The molecule has 0 aliphatic heterocycles. The van der Waals surface area contributed by atoms with Crippen LogP contribution in [-0.4, -0.2) is 59.3 Å². The van der Waals surface area contributed by atoms with Gasteiger partial charge in [0.15, 0.2) is 0 Å². The number of ether oxygens (including phenoxy) is 1. The minimum atomic E-state index is -0.948. The van der Waals surface area contributed by atoms with E-state index in [0.717, 1.165) is 24.8 Å². The molecule has 32 heavy (non-hydrogen) atoms. The SMILES string of the molecule is CCCCCNC(=O)C(c1ccccc1C)N(CCO)C(=O)C(C)NC(=O)OC(C)(C)C. The Bertz CT molecular complexity index is 760. The summed E-state index contributed by atoms with van der Waals surface area (Å²) in [5, 5.41) is 15.1. The van der Waals surface area contributed by atoms with E-state index in [1.54, 1.807) is 26.8 Å². The Balaban J connectivity index is 3.17. The number of rotatable bonds is 11. The number of nitrogens with one attached hydrogen (secondary N) is 2. The molecule has 0 spiro atoms. The third-order valence-electron chi connectivity index (χ3n) is 4.85. The minimum Gasteiger partial charge on any atom is -0.444 e. The largest absolute Gasteiger partial charge is 0.444 e. The maximum atomic E-state index is 13.3. The standard InChI is InChI=1S/C24H39N3O5/c1-7-8-11-14-25-21(29)20(19-13-10-9-12-17(19)2)27(15-16-28)22(30)18(3)26-23(31)32-24(4,5)6/h9-10,12-13,18,20,28H,7-8,11,14-16H2,1-6H3,(H,25,29)(H,26,31). The van der Waals surface area contributed by atoms with Crippen molar-refractivity contribution in [2.75, 3.05) is 19.7 Å². The molecular formula is C24H39N3O5. The summed E-state index contributed by atoms with van der Waals surface area (Å²) in [5.74, 6) is -0.802. The van der Waals surface area contributed by atoms with Crippen LogP contribution in [0.15, 0.2) is 24.3 Å². The van der Waals surface area contributed by atoms with E-state index in [4.69, 9.17) is 4.74 Å². The summed E-state index contributed by atoms with van der Waals surface area (Å²) in [4.78, 5) is 40.0. The summed E-state index contributed by atoms with van der Waals surface area (Å²) in [6.07, 6.45) is 2.14. The number of hydrogen-bond acceptors (Lipinski definition) is 5. The number of aliphatic hydroxyl groups excluding tert-OH is 1. The van der Waals surface area contributed by atoms with E-state index in [2.05, 4.69) is 17.6 Å². The molecule has 0 saturated heterocycles. The van der Waals surface area contributed by atoms with E-state index in [-0.39, 0.29) is 19.1 Å². The first kappa shape index (κ1) is 27.4. The van der Waals surface area contributed by atoms with Crippen LogP contribution in [0.1, 0.15) is 71.0 Å². The monoisotopic (exact) mass is 449 g/mol. The summed E-state index contributed by atoms with van der Waals surface area (Å²) in [6.45, 7) is 10.8. The first-order valence-corrected chi connectivity index (χ1v) is 11.3. The Morgan fingerprint density at radius 1 is 1.16 bits per heavy atom. The van der Waals surface area contributed by atoms with Crippen LogP contribution >= 0.6 is 0 Å². The molecule has 3 N–H and O–H groups in total. The van der Waals surface area contributed by atoms with Crippen LogP contribution in [0.3, 0.4) is 0 Å². The van der Waals surface area contributed by atoms with Crippen molar-refractivity contribution in [2.45, 2.75) is 78.5 Å². The van der Waals surface area contributed by atoms with Crippen LogP contribution in [0.25, 0.3) is 0 Å². The van der Waals surface area contributed by atoms with E-state index in [0.29, 0.717) is 12.1 Å². The minimum absolute atomic E-state index is 0.0550. The third-order valence-corrected chi connectivity index (χ3v) is 4.85. The molecular weight excluding hydrogens is 410 g/mol. The van der Waals surface area contributed by atoms with Crippen LogP contribution in [-0.2, 0) is 14.3 Å². The second kappa shape index (κ2) is 13.1. The second-order valence-corrected chi connectivity index (χ2v) is 8.88. The quantitative estimate of drug-likeness (QED) is 0.450. The van der Waals surface area contributed by atoms with Crippen molar-refractivity contribution in [1.29, 1.82) is 0 Å². The van der Waals surface area contributed by atoms with Gasteiger partial charge in [0.1, 0.15) is 17.7 Å². The Kier molecular flexibility index (Phi) is 11.2. The van der Waals surface area contributed by atoms with E-state index < -0.39 is 29.7 Å². The Morgan fingerprint density at radius 2 is 1.81 bits per heavy atom. The van der Waals surface area contributed by atoms with Gasteiger partial charge < -0.3 is 25.4 Å². The molecule has 2 unspecified atom stereocenters. The van der Waals surface area contributed by atoms with E-state index >= 15 is 0 Å². The van der Waals surface area contributed by atoms with Crippen molar-refractivity contribution in [3.63, 3.8) is 0 Å². The number of carbonyl (C=O) groups is 3. The zero-order valence-corrected chi connectivity index (χ0v) is 20.2. The highest BCUT2D eigenvalue weighted by Crippen LogP contribution is 2.25. The zero-order valence-electron chi connectivity index (χ0n) is 20.2. The number of carbonyl (C=O) groups excluding carboxylic acids is 3. The summed E-state index contributed by atoms with van der Waals surface area (Å²) >= 11 is 0. The molecule has 180 valence electrons. The van der Waals surface area contributed by atoms with Gasteiger partial charge in [-0.2, -0.15) is 0 Å². The normalized spacial score (nSPS) is 13.1. The van der Waals surface area contributed by atoms with Crippen molar-refractivity contribution >= 4 is 17.9 Å². The van der Waals surface area contributed by atoms with E-state index in [1.165, 1.54) is 11.8 Å². The number of hydrogen-bond donors (Lipinski definition) is 3.